The van der Waals surface area contributed by atoms with Crippen LogP contribution in [0, 0.1) is 11.8 Å². The van der Waals surface area contributed by atoms with Crippen molar-refractivity contribution in [3.05, 3.63) is 5.82 Å². The van der Waals surface area contributed by atoms with E-state index in [9.17, 15) is 13.2 Å². The van der Waals surface area contributed by atoms with Crippen LogP contribution in [0.2, 0.25) is 0 Å². The number of sulfone groups is 1. The summed E-state index contributed by atoms with van der Waals surface area (Å²) in [5, 5.41) is 9.02. The van der Waals surface area contributed by atoms with Crippen molar-refractivity contribution < 1.29 is 13.2 Å². The Balaban J connectivity index is 1.60. The first-order valence-electron chi connectivity index (χ1n) is 8.75. The lowest BCUT2D eigenvalue weighted by Gasteiger charge is -2.34. The molecule has 140 valence electrons. The van der Waals surface area contributed by atoms with Gasteiger partial charge in [0, 0.05) is 26.1 Å². The second kappa shape index (κ2) is 7.26. The molecule has 2 fully saturated rings. The van der Waals surface area contributed by atoms with E-state index in [0.717, 1.165) is 13.1 Å². The van der Waals surface area contributed by atoms with Crippen molar-refractivity contribution in [1.29, 1.82) is 0 Å². The van der Waals surface area contributed by atoms with Crippen molar-refractivity contribution in [1.82, 2.24) is 19.7 Å². The van der Waals surface area contributed by atoms with Gasteiger partial charge in [0.2, 0.25) is 5.91 Å². The highest BCUT2D eigenvalue weighted by Gasteiger charge is 2.33. The van der Waals surface area contributed by atoms with Gasteiger partial charge in [0.05, 0.1) is 17.3 Å². The Hall–Kier alpha value is -1.09. The molecule has 2 aliphatic heterocycles. The van der Waals surface area contributed by atoms with Gasteiger partial charge in [-0.15, -0.1) is 10.2 Å². The molecule has 1 amide bonds. The van der Waals surface area contributed by atoms with Gasteiger partial charge in [-0.2, -0.15) is 0 Å². The maximum absolute atomic E-state index is 12.5. The fourth-order valence-corrected chi connectivity index (χ4v) is 6.45. The average molecular weight is 387 g/mol. The van der Waals surface area contributed by atoms with Crippen LogP contribution in [0.1, 0.15) is 38.4 Å². The summed E-state index contributed by atoms with van der Waals surface area (Å²) in [6.45, 7) is 6.03. The second-order valence-electron chi connectivity index (χ2n) is 7.53. The molecule has 3 heterocycles. The molecule has 25 heavy (non-hydrogen) atoms. The molecule has 0 spiro atoms. The predicted octanol–water partition coefficient (Wildman–Crippen LogP) is 1.31. The van der Waals surface area contributed by atoms with Crippen LogP contribution in [0.3, 0.4) is 0 Å². The number of hydrogen-bond donors (Lipinski definition) is 0. The molecule has 0 aliphatic carbocycles. The number of aromatic nitrogens is 3. The summed E-state index contributed by atoms with van der Waals surface area (Å²) >= 11 is 1.38. The Morgan fingerprint density at radius 3 is 2.52 bits per heavy atom. The number of hydrogen-bond acceptors (Lipinski definition) is 6. The number of nitrogens with zero attached hydrogens (tertiary/aromatic N) is 4. The molecule has 9 heteroatoms. The number of piperidine rings is 1. The topological polar surface area (TPSA) is 85.2 Å². The molecule has 1 aromatic heterocycles. The van der Waals surface area contributed by atoms with Crippen molar-refractivity contribution in [2.75, 3.05) is 30.3 Å². The van der Waals surface area contributed by atoms with Gasteiger partial charge in [-0.05, 0) is 24.7 Å². The van der Waals surface area contributed by atoms with Crippen molar-refractivity contribution in [2.24, 2.45) is 18.9 Å². The Kier molecular flexibility index (Phi) is 5.43. The molecule has 0 saturated carbocycles. The highest BCUT2D eigenvalue weighted by Crippen LogP contribution is 2.29. The van der Waals surface area contributed by atoms with Gasteiger partial charge in [0.25, 0.3) is 0 Å². The highest BCUT2D eigenvalue weighted by molar-refractivity contribution is 7.99. The van der Waals surface area contributed by atoms with E-state index < -0.39 is 9.84 Å². The number of amides is 1. The molecule has 3 atom stereocenters. The lowest BCUT2D eigenvalue weighted by atomic mass is 9.92. The van der Waals surface area contributed by atoms with E-state index >= 15 is 0 Å². The maximum Gasteiger partial charge on any atom is 0.233 e. The number of carbonyl (C=O) groups excluding carboxylic acids is 1. The van der Waals surface area contributed by atoms with Crippen LogP contribution in [0.25, 0.3) is 0 Å². The third-order valence-corrected chi connectivity index (χ3v) is 7.79. The van der Waals surface area contributed by atoms with Gasteiger partial charge in [-0.3, -0.25) is 4.79 Å². The third kappa shape index (κ3) is 4.36. The Morgan fingerprint density at radius 2 is 1.92 bits per heavy atom. The largest absolute Gasteiger partial charge is 0.341 e. The van der Waals surface area contributed by atoms with Crippen LogP contribution in [0.4, 0.5) is 0 Å². The second-order valence-corrected chi connectivity index (χ2v) is 10.7. The van der Waals surface area contributed by atoms with E-state index in [0.29, 0.717) is 35.0 Å². The molecule has 3 rings (SSSR count). The summed E-state index contributed by atoms with van der Waals surface area (Å²) in [6, 6.07) is 0. The van der Waals surface area contributed by atoms with E-state index in [1.165, 1.54) is 18.2 Å². The first kappa shape index (κ1) is 18.7. The molecule has 7 nitrogen and oxygen atoms in total. The molecule has 1 aromatic rings. The predicted molar refractivity (Wildman–Crippen MR) is 97.3 cm³/mol. The summed E-state index contributed by atoms with van der Waals surface area (Å²) in [4.78, 5) is 14.4. The summed E-state index contributed by atoms with van der Waals surface area (Å²) < 4.78 is 25.2. The fraction of sp³-hybridized carbons (Fsp3) is 0.812. The highest BCUT2D eigenvalue weighted by atomic mass is 32.2. The van der Waals surface area contributed by atoms with Crippen molar-refractivity contribution in [3.63, 3.8) is 0 Å². The van der Waals surface area contributed by atoms with E-state index in [1.807, 2.05) is 16.5 Å². The summed E-state index contributed by atoms with van der Waals surface area (Å²) in [5.74, 6) is 2.55. The summed E-state index contributed by atoms with van der Waals surface area (Å²) in [6.07, 6.45) is 1.77. The average Bonchev–Trinajstić information content (AvgIpc) is 3.06. The zero-order valence-corrected chi connectivity index (χ0v) is 16.6. The zero-order chi connectivity index (χ0) is 18.2. The SMILES string of the molecule is CC1CC(C)CN(C(=O)CSc2nnc(C3CCS(=O)(=O)C3)n2C)C1. The smallest absolute Gasteiger partial charge is 0.233 e. The van der Waals surface area contributed by atoms with Gasteiger partial charge in [0.1, 0.15) is 5.82 Å². The van der Waals surface area contributed by atoms with E-state index in [-0.39, 0.29) is 23.3 Å². The lowest BCUT2D eigenvalue weighted by molar-refractivity contribution is -0.130. The molecule has 2 saturated heterocycles. The third-order valence-electron chi connectivity index (χ3n) is 5.01. The summed E-state index contributed by atoms with van der Waals surface area (Å²) in [7, 11) is -1.11. The molecular formula is C16H26N4O3S2. The molecule has 0 aromatic carbocycles. The quantitative estimate of drug-likeness (QED) is 0.726. The maximum atomic E-state index is 12.5. The normalized spacial score (nSPS) is 29.1. The molecule has 0 N–H and O–H groups in total. The number of likely N-dealkylation sites (tertiary alicyclic amines) is 1. The van der Waals surface area contributed by atoms with Gasteiger partial charge in [-0.1, -0.05) is 25.6 Å². The van der Waals surface area contributed by atoms with Gasteiger partial charge in [-0.25, -0.2) is 8.42 Å². The van der Waals surface area contributed by atoms with E-state index in [1.54, 1.807) is 0 Å². The molecule has 0 bridgehead atoms. The van der Waals surface area contributed by atoms with Gasteiger partial charge < -0.3 is 9.47 Å². The van der Waals surface area contributed by atoms with E-state index in [4.69, 9.17) is 0 Å². The monoisotopic (exact) mass is 386 g/mol. The van der Waals surface area contributed by atoms with Crippen LogP contribution < -0.4 is 0 Å². The first-order chi connectivity index (χ1) is 11.7. The van der Waals surface area contributed by atoms with Crippen LogP contribution in [-0.2, 0) is 21.7 Å². The van der Waals surface area contributed by atoms with Crippen molar-refractivity contribution in [3.8, 4) is 0 Å². The molecule has 0 radical (unpaired) electrons. The lowest BCUT2D eigenvalue weighted by Crippen LogP contribution is -2.43. The Morgan fingerprint density at radius 1 is 1.24 bits per heavy atom. The summed E-state index contributed by atoms with van der Waals surface area (Å²) in [5.41, 5.74) is 0. The fourth-order valence-electron chi connectivity index (χ4n) is 3.89. The number of carbonyl (C=O) groups is 1. The van der Waals surface area contributed by atoms with Crippen LogP contribution in [-0.4, -0.2) is 64.3 Å². The van der Waals surface area contributed by atoms with E-state index in [2.05, 4.69) is 24.0 Å². The molecule has 2 aliphatic rings. The van der Waals surface area contributed by atoms with Crippen molar-refractivity contribution in [2.45, 2.75) is 37.8 Å². The Labute approximate surface area is 153 Å². The van der Waals surface area contributed by atoms with Crippen LogP contribution in [0.5, 0.6) is 0 Å². The van der Waals surface area contributed by atoms with Gasteiger partial charge >= 0.3 is 0 Å². The minimum absolute atomic E-state index is 0.0867. The first-order valence-corrected chi connectivity index (χ1v) is 11.6. The van der Waals surface area contributed by atoms with Crippen LogP contribution in [0.15, 0.2) is 5.16 Å². The minimum atomic E-state index is -2.95. The standard InChI is InChI=1S/C16H26N4O3S2/c1-11-6-12(2)8-20(7-11)14(21)9-24-16-18-17-15(19(16)3)13-4-5-25(22,23)10-13/h11-13H,4-10H2,1-3H3. The Bertz CT molecular complexity index is 737. The van der Waals surface area contributed by atoms with Crippen molar-refractivity contribution >= 4 is 27.5 Å². The minimum Gasteiger partial charge on any atom is -0.341 e. The van der Waals surface area contributed by atoms with Crippen LogP contribution >= 0.6 is 11.8 Å². The molecule has 3 unspecified atom stereocenters. The van der Waals surface area contributed by atoms with Gasteiger partial charge in [0.15, 0.2) is 15.0 Å². The number of rotatable bonds is 4. The zero-order valence-electron chi connectivity index (χ0n) is 15.0. The molecular weight excluding hydrogens is 360 g/mol. The number of thioether (sulfide) groups is 1.